The molecule has 24 heavy (non-hydrogen) atoms. The zero-order chi connectivity index (χ0) is 16.9. The van der Waals surface area contributed by atoms with Crippen LogP contribution in [-0.4, -0.2) is 31.9 Å². The maximum atomic E-state index is 12.1. The molecule has 0 spiro atoms. The van der Waals surface area contributed by atoms with E-state index in [0.29, 0.717) is 19.0 Å². The average molecular weight is 348 g/mol. The minimum Gasteiger partial charge on any atom is -0.486 e. The largest absolute Gasteiger partial charge is 0.486 e. The monoisotopic (exact) mass is 348 g/mol. The SMILES string of the molecule is CSc1cc2c(cc1NCC(=O)N[C@H](C)c1ccco1)OCCO2. The molecule has 0 fully saturated rings. The van der Waals surface area contributed by atoms with Gasteiger partial charge in [-0.3, -0.25) is 4.79 Å². The van der Waals surface area contributed by atoms with Gasteiger partial charge in [-0.1, -0.05) is 0 Å². The molecular weight excluding hydrogens is 328 g/mol. The number of amides is 1. The molecule has 128 valence electrons. The Hall–Kier alpha value is -2.28. The van der Waals surface area contributed by atoms with Gasteiger partial charge in [-0.25, -0.2) is 0 Å². The van der Waals surface area contributed by atoms with Crippen LogP contribution in [0, 0.1) is 0 Å². The highest BCUT2D eigenvalue weighted by atomic mass is 32.2. The molecule has 1 amide bonds. The number of hydrogen-bond acceptors (Lipinski definition) is 6. The van der Waals surface area contributed by atoms with Crippen LogP contribution in [0.15, 0.2) is 39.8 Å². The number of nitrogens with one attached hydrogen (secondary N) is 2. The first-order valence-electron chi connectivity index (χ1n) is 7.71. The van der Waals surface area contributed by atoms with Crippen LogP contribution in [0.4, 0.5) is 5.69 Å². The van der Waals surface area contributed by atoms with E-state index in [-0.39, 0.29) is 18.5 Å². The van der Waals surface area contributed by atoms with Crippen molar-refractivity contribution in [2.75, 3.05) is 31.3 Å². The molecule has 2 N–H and O–H groups in total. The van der Waals surface area contributed by atoms with Crippen LogP contribution < -0.4 is 20.1 Å². The van der Waals surface area contributed by atoms with E-state index in [2.05, 4.69) is 10.6 Å². The minimum absolute atomic E-state index is 0.110. The summed E-state index contributed by atoms with van der Waals surface area (Å²) in [7, 11) is 0. The minimum atomic E-state index is -0.172. The Morgan fingerprint density at radius 1 is 1.29 bits per heavy atom. The zero-order valence-electron chi connectivity index (χ0n) is 13.6. The first kappa shape index (κ1) is 16.6. The molecule has 2 aromatic rings. The molecule has 0 saturated carbocycles. The predicted molar refractivity (Wildman–Crippen MR) is 93.0 cm³/mol. The number of fused-ring (bicyclic) bond motifs is 1. The van der Waals surface area contributed by atoms with E-state index >= 15 is 0 Å². The molecule has 0 saturated heterocycles. The van der Waals surface area contributed by atoms with Crippen molar-refractivity contribution < 1.29 is 18.7 Å². The molecule has 1 aromatic carbocycles. The number of anilines is 1. The second-order valence-corrected chi connectivity index (χ2v) is 6.20. The molecule has 3 rings (SSSR count). The topological polar surface area (TPSA) is 72.7 Å². The lowest BCUT2D eigenvalue weighted by Crippen LogP contribution is -2.32. The molecule has 2 heterocycles. The van der Waals surface area contributed by atoms with Gasteiger partial charge in [0, 0.05) is 11.0 Å². The van der Waals surface area contributed by atoms with Crippen molar-refractivity contribution in [2.45, 2.75) is 17.9 Å². The van der Waals surface area contributed by atoms with Gasteiger partial charge in [-0.2, -0.15) is 0 Å². The van der Waals surface area contributed by atoms with Crippen LogP contribution in [-0.2, 0) is 4.79 Å². The summed E-state index contributed by atoms with van der Waals surface area (Å²) in [4.78, 5) is 13.1. The lowest BCUT2D eigenvalue weighted by Gasteiger charge is -2.21. The van der Waals surface area contributed by atoms with Crippen molar-refractivity contribution >= 4 is 23.4 Å². The number of benzene rings is 1. The summed E-state index contributed by atoms with van der Waals surface area (Å²) in [5.74, 6) is 2.06. The first-order valence-corrected chi connectivity index (χ1v) is 8.94. The molecule has 0 aliphatic carbocycles. The standard InChI is InChI=1S/C17H20N2O4S/c1-11(13-4-3-5-21-13)19-17(20)10-18-12-8-14-15(9-16(12)24-2)23-7-6-22-14/h3-5,8-9,11,18H,6-7,10H2,1-2H3,(H,19,20)/t11-/m1/s1. The van der Waals surface area contributed by atoms with Crippen LogP contribution in [0.25, 0.3) is 0 Å². The summed E-state index contributed by atoms with van der Waals surface area (Å²) in [6, 6.07) is 7.28. The average Bonchev–Trinajstić information content (AvgIpc) is 3.13. The van der Waals surface area contributed by atoms with Crippen LogP contribution in [0.3, 0.4) is 0 Å². The van der Waals surface area contributed by atoms with Gasteiger partial charge in [-0.15, -0.1) is 11.8 Å². The number of hydrogen-bond donors (Lipinski definition) is 2. The number of furan rings is 1. The molecule has 7 heteroatoms. The van der Waals surface area contributed by atoms with E-state index < -0.39 is 0 Å². The van der Waals surface area contributed by atoms with Gasteiger partial charge >= 0.3 is 0 Å². The Bertz CT molecular complexity index is 703. The summed E-state index contributed by atoms with van der Waals surface area (Å²) in [6.45, 7) is 3.14. The molecular formula is C17H20N2O4S. The molecule has 1 atom stereocenters. The van der Waals surface area contributed by atoms with Crippen LogP contribution >= 0.6 is 11.8 Å². The fraction of sp³-hybridized carbons (Fsp3) is 0.353. The lowest BCUT2D eigenvalue weighted by atomic mass is 10.2. The lowest BCUT2D eigenvalue weighted by molar-refractivity contribution is -0.120. The van der Waals surface area contributed by atoms with Gasteiger partial charge in [0.1, 0.15) is 19.0 Å². The van der Waals surface area contributed by atoms with Gasteiger partial charge in [0.2, 0.25) is 5.91 Å². The summed E-state index contributed by atoms with van der Waals surface area (Å²) >= 11 is 1.59. The fourth-order valence-corrected chi connectivity index (χ4v) is 3.03. The predicted octanol–water partition coefficient (Wildman–Crippen LogP) is 3.06. The Labute approximate surface area is 144 Å². The van der Waals surface area contributed by atoms with E-state index in [1.54, 1.807) is 24.1 Å². The smallest absolute Gasteiger partial charge is 0.239 e. The summed E-state index contributed by atoms with van der Waals surface area (Å²) in [5, 5.41) is 6.06. The maximum Gasteiger partial charge on any atom is 0.239 e. The number of rotatable bonds is 6. The van der Waals surface area contributed by atoms with Crippen LogP contribution in [0.5, 0.6) is 11.5 Å². The van der Waals surface area contributed by atoms with E-state index in [4.69, 9.17) is 13.9 Å². The van der Waals surface area contributed by atoms with E-state index in [0.717, 1.165) is 22.1 Å². The summed E-state index contributed by atoms with van der Waals surface area (Å²) in [6.07, 6.45) is 3.58. The Kier molecular flexibility index (Phi) is 5.20. The second-order valence-electron chi connectivity index (χ2n) is 5.35. The van der Waals surface area contributed by atoms with Gasteiger partial charge in [0.15, 0.2) is 11.5 Å². The highest BCUT2D eigenvalue weighted by molar-refractivity contribution is 7.98. The third-order valence-electron chi connectivity index (χ3n) is 3.65. The Balaban J connectivity index is 1.62. The normalized spacial score (nSPS) is 14.1. The highest BCUT2D eigenvalue weighted by Gasteiger charge is 2.17. The fourth-order valence-electron chi connectivity index (χ4n) is 2.45. The van der Waals surface area contributed by atoms with Gasteiger partial charge in [0.05, 0.1) is 24.5 Å². The quantitative estimate of drug-likeness (QED) is 0.782. The maximum absolute atomic E-state index is 12.1. The third kappa shape index (κ3) is 3.79. The number of carbonyl (C=O) groups excluding carboxylic acids is 1. The van der Waals surface area contributed by atoms with Gasteiger partial charge in [0.25, 0.3) is 0 Å². The molecule has 0 unspecified atom stereocenters. The Morgan fingerprint density at radius 3 is 2.71 bits per heavy atom. The molecule has 1 aliphatic heterocycles. The molecule has 0 radical (unpaired) electrons. The molecule has 6 nitrogen and oxygen atoms in total. The molecule has 1 aromatic heterocycles. The Morgan fingerprint density at radius 2 is 2.04 bits per heavy atom. The van der Waals surface area contributed by atoms with E-state index in [1.165, 1.54) is 0 Å². The van der Waals surface area contributed by atoms with E-state index in [1.807, 2.05) is 31.4 Å². The third-order valence-corrected chi connectivity index (χ3v) is 4.43. The second kappa shape index (κ2) is 7.53. The first-order chi connectivity index (χ1) is 11.7. The van der Waals surface area contributed by atoms with E-state index in [9.17, 15) is 4.79 Å². The number of ether oxygens (including phenoxy) is 2. The van der Waals surface area contributed by atoms with Crippen molar-refractivity contribution in [1.29, 1.82) is 0 Å². The summed E-state index contributed by atoms with van der Waals surface area (Å²) < 4.78 is 16.5. The van der Waals surface area contributed by atoms with Crippen molar-refractivity contribution in [3.8, 4) is 11.5 Å². The molecule has 1 aliphatic rings. The van der Waals surface area contributed by atoms with Crippen molar-refractivity contribution in [3.05, 3.63) is 36.3 Å². The molecule has 0 bridgehead atoms. The zero-order valence-corrected chi connectivity index (χ0v) is 14.4. The summed E-state index contributed by atoms with van der Waals surface area (Å²) in [5.41, 5.74) is 0.854. The number of carbonyl (C=O) groups is 1. The van der Waals surface area contributed by atoms with Gasteiger partial charge < -0.3 is 24.5 Å². The number of thioether (sulfide) groups is 1. The van der Waals surface area contributed by atoms with Crippen molar-refractivity contribution in [3.63, 3.8) is 0 Å². The van der Waals surface area contributed by atoms with Crippen molar-refractivity contribution in [2.24, 2.45) is 0 Å². The van der Waals surface area contributed by atoms with Crippen LogP contribution in [0.2, 0.25) is 0 Å². The highest BCUT2D eigenvalue weighted by Crippen LogP contribution is 2.39. The van der Waals surface area contributed by atoms with Gasteiger partial charge in [-0.05, 0) is 31.4 Å². The van der Waals surface area contributed by atoms with Crippen molar-refractivity contribution in [1.82, 2.24) is 5.32 Å². The van der Waals surface area contributed by atoms with Crippen LogP contribution in [0.1, 0.15) is 18.7 Å².